The molecule has 0 fully saturated rings. The third kappa shape index (κ3) is 1.84. The second kappa shape index (κ2) is 3.70. The predicted molar refractivity (Wildman–Crippen MR) is 65.6 cm³/mol. The summed E-state index contributed by atoms with van der Waals surface area (Å²) in [7, 11) is 0. The summed E-state index contributed by atoms with van der Waals surface area (Å²) in [5.74, 6) is 0. The fourth-order valence-corrected chi connectivity index (χ4v) is 2.85. The van der Waals surface area contributed by atoms with Crippen molar-refractivity contribution in [2.45, 2.75) is 6.18 Å². The second-order valence-electron chi connectivity index (χ2n) is 3.92. The maximum Gasteiger partial charge on any atom is 0.416 e. The van der Waals surface area contributed by atoms with Crippen LogP contribution in [-0.2, 0) is 6.18 Å². The van der Waals surface area contributed by atoms with Gasteiger partial charge >= 0.3 is 17.3 Å². The number of hydrogen-bond donors (Lipinski definition) is 2. The topological polar surface area (TPSA) is 65.7 Å². The standard InChI is InChI=1S/C11H5F3N2O2S/c12-11(13,14)4-1-2-6-5(3-4)7-10(19-6)16-9(18)8(17)15-7/h1-3H,(H,15,17)(H,16,18). The van der Waals surface area contributed by atoms with Crippen molar-refractivity contribution < 1.29 is 13.2 Å². The van der Waals surface area contributed by atoms with E-state index >= 15 is 0 Å². The van der Waals surface area contributed by atoms with Gasteiger partial charge in [-0.15, -0.1) is 11.3 Å². The summed E-state index contributed by atoms with van der Waals surface area (Å²) in [6, 6.07) is 3.25. The zero-order chi connectivity index (χ0) is 13.8. The first-order valence-electron chi connectivity index (χ1n) is 5.12. The van der Waals surface area contributed by atoms with E-state index in [1.807, 2.05) is 0 Å². The minimum atomic E-state index is -4.45. The van der Waals surface area contributed by atoms with Crippen molar-refractivity contribution in [3.63, 3.8) is 0 Å². The van der Waals surface area contributed by atoms with E-state index in [1.54, 1.807) is 0 Å². The highest BCUT2D eigenvalue weighted by Crippen LogP contribution is 2.36. The summed E-state index contributed by atoms with van der Waals surface area (Å²) in [4.78, 5) is 27.4. The van der Waals surface area contributed by atoms with Gasteiger partial charge in [-0.05, 0) is 18.2 Å². The van der Waals surface area contributed by atoms with Crippen LogP contribution in [0.4, 0.5) is 13.2 Å². The van der Waals surface area contributed by atoms with Gasteiger partial charge in [0, 0.05) is 10.1 Å². The van der Waals surface area contributed by atoms with Crippen LogP contribution < -0.4 is 11.1 Å². The summed E-state index contributed by atoms with van der Waals surface area (Å²) < 4.78 is 38.5. The first-order chi connectivity index (χ1) is 8.86. The highest BCUT2D eigenvalue weighted by Gasteiger charge is 2.30. The molecule has 0 atom stereocenters. The molecule has 0 aliphatic heterocycles. The van der Waals surface area contributed by atoms with Crippen molar-refractivity contribution >= 4 is 31.8 Å². The molecule has 0 radical (unpaired) electrons. The fourth-order valence-electron chi connectivity index (χ4n) is 1.82. The van der Waals surface area contributed by atoms with Gasteiger partial charge in [0.1, 0.15) is 4.83 Å². The molecule has 3 aromatic rings. The molecule has 0 aliphatic carbocycles. The number of alkyl halides is 3. The van der Waals surface area contributed by atoms with Crippen LogP contribution in [0.3, 0.4) is 0 Å². The van der Waals surface area contributed by atoms with E-state index in [1.165, 1.54) is 6.07 Å². The molecule has 0 saturated carbocycles. The molecule has 0 amide bonds. The van der Waals surface area contributed by atoms with Crippen LogP contribution in [0.1, 0.15) is 5.56 Å². The van der Waals surface area contributed by atoms with Gasteiger partial charge in [0.25, 0.3) is 0 Å². The highest BCUT2D eigenvalue weighted by molar-refractivity contribution is 7.25. The Morgan fingerprint density at radius 2 is 1.74 bits per heavy atom. The molecule has 0 bridgehead atoms. The van der Waals surface area contributed by atoms with Crippen LogP contribution in [-0.4, -0.2) is 9.97 Å². The Morgan fingerprint density at radius 1 is 1.05 bits per heavy atom. The van der Waals surface area contributed by atoms with Crippen LogP contribution in [0.5, 0.6) is 0 Å². The van der Waals surface area contributed by atoms with Gasteiger partial charge in [-0.25, -0.2) is 0 Å². The summed E-state index contributed by atoms with van der Waals surface area (Å²) in [6.45, 7) is 0. The van der Waals surface area contributed by atoms with Crippen molar-refractivity contribution in [2.75, 3.05) is 0 Å². The minimum Gasteiger partial charge on any atom is -0.315 e. The number of aromatic amines is 2. The third-order valence-electron chi connectivity index (χ3n) is 2.69. The molecule has 8 heteroatoms. The van der Waals surface area contributed by atoms with Crippen molar-refractivity contribution in [1.29, 1.82) is 0 Å². The lowest BCUT2D eigenvalue weighted by molar-refractivity contribution is -0.137. The average molecular weight is 286 g/mol. The second-order valence-corrected chi connectivity index (χ2v) is 4.98. The van der Waals surface area contributed by atoms with Gasteiger partial charge in [-0.3, -0.25) is 9.59 Å². The van der Waals surface area contributed by atoms with Crippen molar-refractivity contribution in [3.8, 4) is 0 Å². The van der Waals surface area contributed by atoms with Gasteiger partial charge in [0.2, 0.25) is 0 Å². The van der Waals surface area contributed by atoms with Gasteiger partial charge in [-0.2, -0.15) is 13.2 Å². The molecule has 19 heavy (non-hydrogen) atoms. The van der Waals surface area contributed by atoms with Crippen molar-refractivity contribution in [3.05, 3.63) is 44.5 Å². The minimum absolute atomic E-state index is 0.218. The Kier molecular flexibility index (Phi) is 2.33. The van der Waals surface area contributed by atoms with Gasteiger partial charge in [0.15, 0.2) is 0 Å². The van der Waals surface area contributed by atoms with E-state index in [-0.39, 0.29) is 10.9 Å². The zero-order valence-corrected chi connectivity index (χ0v) is 9.91. The highest BCUT2D eigenvalue weighted by atomic mass is 32.1. The zero-order valence-electron chi connectivity index (χ0n) is 9.09. The molecule has 0 saturated heterocycles. The molecule has 0 aliphatic rings. The van der Waals surface area contributed by atoms with Crippen LogP contribution >= 0.6 is 11.3 Å². The van der Waals surface area contributed by atoms with E-state index in [2.05, 4.69) is 9.97 Å². The van der Waals surface area contributed by atoms with E-state index in [9.17, 15) is 22.8 Å². The van der Waals surface area contributed by atoms with E-state index in [4.69, 9.17) is 0 Å². The van der Waals surface area contributed by atoms with Gasteiger partial charge in [-0.1, -0.05) is 0 Å². The largest absolute Gasteiger partial charge is 0.416 e. The number of halogens is 3. The monoisotopic (exact) mass is 286 g/mol. The number of rotatable bonds is 0. The Bertz CT molecular complexity index is 904. The lowest BCUT2D eigenvalue weighted by Gasteiger charge is -2.05. The molecule has 0 spiro atoms. The van der Waals surface area contributed by atoms with E-state index in [0.717, 1.165) is 23.5 Å². The number of fused-ring (bicyclic) bond motifs is 3. The lowest BCUT2D eigenvalue weighted by Crippen LogP contribution is -2.28. The molecule has 1 aromatic carbocycles. The number of thiophene rings is 1. The number of aromatic nitrogens is 2. The number of H-pyrrole nitrogens is 2. The van der Waals surface area contributed by atoms with Gasteiger partial charge < -0.3 is 9.97 Å². The van der Waals surface area contributed by atoms with Crippen LogP contribution in [0.15, 0.2) is 27.8 Å². The van der Waals surface area contributed by atoms with Crippen molar-refractivity contribution in [2.24, 2.45) is 0 Å². The first kappa shape index (κ1) is 12.0. The number of benzene rings is 1. The molecule has 2 aromatic heterocycles. The van der Waals surface area contributed by atoms with Crippen LogP contribution in [0.25, 0.3) is 20.4 Å². The average Bonchev–Trinajstić information content (AvgIpc) is 2.65. The predicted octanol–water partition coefficient (Wildman–Crippen LogP) is 2.45. The third-order valence-corrected chi connectivity index (χ3v) is 3.77. The van der Waals surface area contributed by atoms with Crippen LogP contribution in [0.2, 0.25) is 0 Å². The van der Waals surface area contributed by atoms with Crippen molar-refractivity contribution in [1.82, 2.24) is 9.97 Å². The molecule has 2 N–H and O–H groups in total. The molecular weight excluding hydrogens is 281 g/mol. The number of nitrogens with one attached hydrogen (secondary N) is 2. The Labute approximate surface area is 106 Å². The van der Waals surface area contributed by atoms with E-state index in [0.29, 0.717) is 9.53 Å². The molecule has 2 heterocycles. The quantitative estimate of drug-likeness (QED) is 0.623. The van der Waals surface area contributed by atoms with E-state index < -0.39 is 22.9 Å². The summed E-state index contributed by atoms with van der Waals surface area (Å²) in [5, 5.41) is 0.267. The Morgan fingerprint density at radius 3 is 2.42 bits per heavy atom. The molecule has 3 rings (SSSR count). The molecule has 0 unspecified atom stereocenters. The fraction of sp³-hybridized carbons (Fsp3) is 0.0909. The summed E-state index contributed by atoms with van der Waals surface area (Å²) in [6.07, 6.45) is -4.45. The normalized spacial score (nSPS) is 12.4. The first-order valence-corrected chi connectivity index (χ1v) is 5.94. The Balaban J connectivity index is 2.45. The Hall–Kier alpha value is -2.09. The SMILES string of the molecule is O=c1[nH]c2sc3ccc(C(F)(F)F)cc3c2[nH]c1=O. The molecule has 98 valence electrons. The maximum absolute atomic E-state index is 12.6. The smallest absolute Gasteiger partial charge is 0.315 e. The van der Waals surface area contributed by atoms with Gasteiger partial charge in [0.05, 0.1) is 11.1 Å². The summed E-state index contributed by atoms with van der Waals surface area (Å²) in [5.41, 5.74) is -2.29. The summed E-state index contributed by atoms with van der Waals surface area (Å²) >= 11 is 1.11. The maximum atomic E-state index is 12.6. The van der Waals surface area contributed by atoms with Crippen LogP contribution in [0, 0.1) is 0 Å². The lowest BCUT2D eigenvalue weighted by atomic mass is 10.1. The number of hydrogen-bond acceptors (Lipinski definition) is 3. The molecular formula is C11H5F3N2O2S. The molecule has 4 nitrogen and oxygen atoms in total.